The monoisotopic (exact) mass is 179 g/mol. The highest BCUT2D eigenvalue weighted by Crippen LogP contribution is 2.10. The van der Waals surface area contributed by atoms with E-state index in [-0.39, 0.29) is 6.04 Å². The first-order valence-corrected chi connectivity index (χ1v) is 4.47. The summed E-state index contributed by atoms with van der Waals surface area (Å²) in [6.07, 6.45) is 1.79. The van der Waals surface area contributed by atoms with Gasteiger partial charge in [-0.3, -0.25) is 0 Å². The fraction of sp³-hybridized carbons (Fsp3) is 0.556. The zero-order valence-electron chi connectivity index (χ0n) is 7.66. The van der Waals surface area contributed by atoms with Gasteiger partial charge in [-0.15, -0.1) is 0 Å². The van der Waals surface area contributed by atoms with Crippen LogP contribution in [0.25, 0.3) is 0 Å². The van der Waals surface area contributed by atoms with Crippen LogP contribution < -0.4 is 5.32 Å². The molecule has 70 valence electrons. The zero-order chi connectivity index (χ0) is 9.10. The summed E-state index contributed by atoms with van der Waals surface area (Å²) in [5.41, 5.74) is 0.998. The van der Waals surface area contributed by atoms with Crippen molar-refractivity contribution in [1.82, 2.24) is 15.3 Å². The van der Waals surface area contributed by atoms with Crippen molar-refractivity contribution in [2.75, 3.05) is 19.8 Å². The molecule has 4 heteroatoms. The van der Waals surface area contributed by atoms with Gasteiger partial charge in [0.1, 0.15) is 5.82 Å². The minimum Gasteiger partial charge on any atom is -0.378 e. The first kappa shape index (κ1) is 8.59. The Morgan fingerprint density at radius 1 is 1.62 bits per heavy atom. The molecule has 0 aliphatic carbocycles. The molecule has 0 amide bonds. The number of ether oxygens (including phenoxy) is 1. The van der Waals surface area contributed by atoms with Crippen molar-refractivity contribution in [3.8, 4) is 0 Å². The van der Waals surface area contributed by atoms with Gasteiger partial charge in [-0.05, 0) is 13.0 Å². The zero-order valence-corrected chi connectivity index (χ0v) is 7.66. The van der Waals surface area contributed by atoms with Crippen molar-refractivity contribution >= 4 is 0 Å². The van der Waals surface area contributed by atoms with E-state index in [4.69, 9.17) is 4.74 Å². The number of aryl methyl sites for hydroxylation is 1. The van der Waals surface area contributed by atoms with E-state index in [9.17, 15) is 0 Å². The van der Waals surface area contributed by atoms with Gasteiger partial charge in [-0.25, -0.2) is 9.97 Å². The summed E-state index contributed by atoms with van der Waals surface area (Å²) in [5, 5.41) is 3.31. The Hall–Kier alpha value is -1.00. The first-order chi connectivity index (χ1) is 6.36. The molecule has 1 saturated heterocycles. The molecule has 0 bridgehead atoms. The van der Waals surface area contributed by atoms with Crippen molar-refractivity contribution in [1.29, 1.82) is 0 Å². The van der Waals surface area contributed by atoms with Crippen LogP contribution in [0.1, 0.15) is 17.6 Å². The molecule has 2 rings (SSSR count). The summed E-state index contributed by atoms with van der Waals surface area (Å²) in [6, 6.07) is 2.06. The molecule has 1 fully saturated rings. The summed E-state index contributed by atoms with van der Waals surface area (Å²) < 4.78 is 5.33. The molecule has 1 aromatic heterocycles. The molecule has 2 heterocycles. The smallest absolute Gasteiger partial charge is 0.147 e. The molecule has 1 aliphatic heterocycles. The summed E-state index contributed by atoms with van der Waals surface area (Å²) in [6.45, 7) is 4.29. The minimum absolute atomic E-state index is 0.161. The molecule has 0 aromatic carbocycles. The summed E-state index contributed by atoms with van der Waals surface area (Å²) in [7, 11) is 0. The average Bonchev–Trinajstić information content (AvgIpc) is 2.19. The lowest BCUT2D eigenvalue weighted by Crippen LogP contribution is -2.35. The Morgan fingerprint density at radius 2 is 2.54 bits per heavy atom. The summed E-state index contributed by atoms with van der Waals surface area (Å²) in [5.74, 6) is 0.833. The fourth-order valence-corrected chi connectivity index (χ4v) is 1.37. The van der Waals surface area contributed by atoms with E-state index in [0.717, 1.165) is 24.7 Å². The number of hydrogen-bond donors (Lipinski definition) is 1. The second-order valence-electron chi connectivity index (χ2n) is 3.14. The van der Waals surface area contributed by atoms with Crippen LogP contribution >= 0.6 is 0 Å². The molecule has 1 aromatic rings. The van der Waals surface area contributed by atoms with Crippen molar-refractivity contribution in [2.24, 2.45) is 0 Å². The molecular weight excluding hydrogens is 166 g/mol. The number of morpholine rings is 1. The maximum absolute atomic E-state index is 5.33. The van der Waals surface area contributed by atoms with E-state index in [2.05, 4.69) is 15.3 Å². The Labute approximate surface area is 77.4 Å². The number of rotatable bonds is 1. The van der Waals surface area contributed by atoms with Gasteiger partial charge in [0.15, 0.2) is 0 Å². The molecule has 4 nitrogen and oxygen atoms in total. The molecular formula is C9H13N3O. The van der Waals surface area contributed by atoms with Crippen LogP contribution in [0, 0.1) is 6.92 Å². The molecule has 0 radical (unpaired) electrons. The van der Waals surface area contributed by atoms with E-state index >= 15 is 0 Å². The van der Waals surface area contributed by atoms with Crippen molar-refractivity contribution < 1.29 is 4.74 Å². The van der Waals surface area contributed by atoms with Crippen molar-refractivity contribution in [3.05, 3.63) is 23.8 Å². The van der Waals surface area contributed by atoms with E-state index in [1.54, 1.807) is 6.20 Å². The maximum atomic E-state index is 5.33. The normalized spacial score (nSPS) is 23.0. The molecule has 13 heavy (non-hydrogen) atoms. The Kier molecular flexibility index (Phi) is 2.52. The topological polar surface area (TPSA) is 47.0 Å². The van der Waals surface area contributed by atoms with Gasteiger partial charge >= 0.3 is 0 Å². The standard InChI is InChI=1S/C9H13N3O/c1-7-2-3-11-9(12-7)8-6-13-5-4-10-8/h2-3,8,10H,4-6H2,1H3/t8-/m0/s1. The molecule has 1 atom stereocenters. The summed E-state index contributed by atoms with van der Waals surface area (Å²) >= 11 is 0. The Bertz CT molecular complexity index is 284. The van der Waals surface area contributed by atoms with Crippen LogP contribution in [0.5, 0.6) is 0 Å². The van der Waals surface area contributed by atoms with E-state index < -0.39 is 0 Å². The molecule has 0 spiro atoms. The highest BCUT2D eigenvalue weighted by molar-refractivity contribution is 5.03. The fourth-order valence-electron chi connectivity index (χ4n) is 1.37. The van der Waals surface area contributed by atoms with Gasteiger partial charge < -0.3 is 10.1 Å². The van der Waals surface area contributed by atoms with Gasteiger partial charge in [-0.2, -0.15) is 0 Å². The van der Waals surface area contributed by atoms with Crippen LogP contribution in [-0.2, 0) is 4.74 Å². The molecule has 0 unspecified atom stereocenters. The predicted octanol–water partition coefficient (Wildman–Crippen LogP) is 0.446. The molecule has 1 N–H and O–H groups in total. The van der Waals surface area contributed by atoms with Crippen LogP contribution in [0.2, 0.25) is 0 Å². The average molecular weight is 179 g/mol. The lowest BCUT2D eigenvalue weighted by Gasteiger charge is -2.22. The molecule has 1 aliphatic rings. The van der Waals surface area contributed by atoms with Gasteiger partial charge in [-0.1, -0.05) is 0 Å². The van der Waals surface area contributed by atoms with Gasteiger partial charge in [0.2, 0.25) is 0 Å². The minimum atomic E-state index is 0.161. The SMILES string of the molecule is Cc1ccnc([C@@H]2COCCN2)n1. The predicted molar refractivity (Wildman–Crippen MR) is 48.3 cm³/mol. The van der Waals surface area contributed by atoms with Crippen molar-refractivity contribution in [2.45, 2.75) is 13.0 Å². The summed E-state index contributed by atoms with van der Waals surface area (Å²) in [4.78, 5) is 8.55. The third-order valence-corrected chi connectivity index (χ3v) is 2.05. The van der Waals surface area contributed by atoms with Crippen LogP contribution in [-0.4, -0.2) is 29.7 Å². The van der Waals surface area contributed by atoms with E-state index in [0.29, 0.717) is 6.61 Å². The maximum Gasteiger partial charge on any atom is 0.147 e. The Morgan fingerprint density at radius 3 is 3.23 bits per heavy atom. The third-order valence-electron chi connectivity index (χ3n) is 2.05. The number of nitrogens with zero attached hydrogens (tertiary/aromatic N) is 2. The quantitative estimate of drug-likeness (QED) is 0.679. The lowest BCUT2D eigenvalue weighted by molar-refractivity contribution is 0.0741. The second kappa shape index (κ2) is 3.81. The highest BCUT2D eigenvalue weighted by atomic mass is 16.5. The largest absolute Gasteiger partial charge is 0.378 e. The third kappa shape index (κ3) is 2.02. The molecule has 0 saturated carbocycles. The second-order valence-corrected chi connectivity index (χ2v) is 3.14. The van der Waals surface area contributed by atoms with Crippen LogP contribution in [0.15, 0.2) is 12.3 Å². The number of hydrogen-bond acceptors (Lipinski definition) is 4. The number of aromatic nitrogens is 2. The van der Waals surface area contributed by atoms with Gasteiger partial charge in [0, 0.05) is 18.4 Å². The van der Waals surface area contributed by atoms with Crippen LogP contribution in [0.4, 0.5) is 0 Å². The first-order valence-electron chi connectivity index (χ1n) is 4.47. The van der Waals surface area contributed by atoms with E-state index in [1.165, 1.54) is 0 Å². The van der Waals surface area contributed by atoms with Gasteiger partial charge in [0.05, 0.1) is 19.3 Å². The highest BCUT2D eigenvalue weighted by Gasteiger charge is 2.17. The number of nitrogens with one attached hydrogen (secondary N) is 1. The Balaban J connectivity index is 2.14. The van der Waals surface area contributed by atoms with Crippen LogP contribution in [0.3, 0.4) is 0 Å². The lowest BCUT2D eigenvalue weighted by atomic mass is 10.2. The van der Waals surface area contributed by atoms with Crippen molar-refractivity contribution in [3.63, 3.8) is 0 Å². The van der Waals surface area contributed by atoms with Gasteiger partial charge in [0.25, 0.3) is 0 Å². The van der Waals surface area contributed by atoms with E-state index in [1.807, 2.05) is 13.0 Å².